The van der Waals surface area contributed by atoms with Gasteiger partial charge in [0.25, 0.3) is 0 Å². The Morgan fingerprint density at radius 1 is 0.917 bits per heavy atom. The maximum absolute atomic E-state index is 12.3. The van der Waals surface area contributed by atoms with Crippen molar-refractivity contribution in [2.75, 3.05) is 25.7 Å². The zero-order valence-corrected chi connectivity index (χ0v) is 15.4. The minimum Gasteiger partial charge on any atom is -0.466 e. The molecule has 0 radical (unpaired) electrons. The predicted molar refractivity (Wildman–Crippen MR) is 95.9 cm³/mol. The number of carbonyl (C=O) groups excluding carboxylic acids is 2. The first kappa shape index (κ1) is 16.3. The second-order valence-electron chi connectivity index (χ2n) is 6.44. The third-order valence-electron chi connectivity index (χ3n) is 5.35. The van der Waals surface area contributed by atoms with Gasteiger partial charge in [0, 0.05) is 33.8 Å². The van der Waals surface area contributed by atoms with Crippen LogP contribution in [0.4, 0.5) is 0 Å². The van der Waals surface area contributed by atoms with Gasteiger partial charge in [0.1, 0.15) is 0 Å². The minimum absolute atomic E-state index is 0.110. The molecule has 2 fully saturated rings. The zero-order valence-electron chi connectivity index (χ0n) is 13.7. The Morgan fingerprint density at radius 2 is 1.38 bits per heavy atom. The third-order valence-corrected chi connectivity index (χ3v) is 8.51. The highest BCUT2D eigenvalue weighted by Crippen LogP contribution is 2.54. The number of fused-ring (bicyclic) bond motifs is 3. The molecule has 1 saturated heterocycles. The third kappa shape index (κ3) is 2.37. The van der Waals surface area contributed by atoms with Crippen LogP contribution in [0.15, 0.2) is 34.4 Å². The van der Waals surface area contributed by atoms with Gasteiger partial charge in [-0.15, -0.1) is 0 Å². The Labute approximate surface area is 150 Å². The molecule has 0 spiro atoms. The molecule has 2 bridgehead atoms. The Bertz CT molecular complexity index is 637. The molecule has 4 rings (SSSR count). The number of thioether (sulfide) groups is 2. The van der Waals surface area contributed by atoms with Crippen LogP contribution in [0.2, 0.25) is 0 Å². The van der Waals surface area contributed by atoms with Crippen molar-refractivity contribution in [1.82, 2.24) is 0 Å². The first-order chi connectivity index (χ1) is 11.7. The van der Waals surface area contributed by atoms with Crippen LogP contribution in [-0.2, 0) is 19.1 Å². The van der Waals surface area contributed by atoms with Crippen LogP contribution in [0.1, 0.15) is 12.8 Å². The quantitative estimate of drug-likeness (QED) is 0.555. The summed E-state index contributed by atoms with van der Waals surface area (Å²) < 4.78 is 9.90. The summed E-state index contributed by atoms with van der Waals surface area (Å²) >= 11 is 4.14. The molecule has 0 amide bonds. The van der Waals surface area contributed by atoms with Gasteiger partial charge in [0.15, 0.2) is 0 Å². The smallest absolute Gasteiger partial charge is 0.335 e. The lowest BCUT2D eigenvalue weighted by Gasteiger charge is -2.23. The van der Waals surface area contributed by atoms with E-state index in [0.717, 1.165) is 12.8 Å². The van der Waals surface area contributed by atoms with E-state index in [9.17, 15) is 9.59 Å². The van der Waals surface area contributed by atoms with Crippen molar-refractivity contribution in [2.24, 2.45) is 11.8 Å². The molecule has 6 heteroatoms. The van der Waals surface area contributed by atoms with E-state index in [1.165, 1.54) is 36.9 Å². The van der Waals surface area contributed by atoms with Gasteiger partial charge in [0.2, 0.25) is 0 Å². The molecule has 3 aliphatic carbocycles. The lowest BCUT2D eigenvalue weighted by molar-refractivity contribution is -0.139. The standard InChI is InChI=1S/C18H20O4S2/c1-21-17(19)15-10-3-4-11(16(15)18(20)22-2)14(10)9-7-12-13(8-9)24-6-5-23-12/h3-4,10-13H,5-8H2,1-2H3. The second-order valence-corrected chi connectivity index (χ2v) is 9.13. The van der Waals surface area contributed by atoms with E-state index in [4.69, 9.17) is 9.47 Å². The molecule has 1 heterocycles. The van der Waals surface area contributed by atoms with Crippen LogP contribution in [0, 0.1) is 11.8 Å². The Kier molecular flexibility index (Phi) is 4.29. The number of allylic oxidation sites excluding steroid dienone is 4. The van der Waals surface area contributed by atoms with Crippen molar-refractivity contribution < 1.29 is 19.1 Å². The van der Waals surface area contributed by atoms with Gasteiger partial charge in [-0.2, -0.15) is 23.5 Å². The summed E-state index contributed by atoms with van der Waals surface area (Å²) in [5, 5.41) is 1.35. The van der Waals surface area contributed by atoms with E-state index in [0.29, 0.717) is 21.6 Å². The molecule has 24 heavy (non-hydrogen) atoms. The monoisotopic (exact) mass is 364 g/mol. The number of esters is 2. The summed E-state index contributed by atoms with van der Waals surface area (Å²) in [7, 11) is 2.73. The van der Waals surface area contributed by atoms with Crippen LogP contribution >= 0.6 is 23.5 Å². The minimum atomic E-state index is -0.412. The van der Waals surface area contributed by atoms with Gasteiger partial charge in [0.05, 0.1) is 25.4 Å². The summed E-state index contributed by atoms with van der Waals surface area (Å²) in [5.41, 5.74) is 3.64. The molecule has 0 aromatic heterocycles. The highest BCUT2D eigenvalue weighted by atomic mass is 32.2. The number of carbonyl (C=O) groups is 2. The largest absolute Gasteiger partial charge is 0.466 e. The average molecular weight is 364 g/mol. The van der Waals surface area contributed by atoms with Crippen molar-refractivity contribution in [2.45, 2.75) is 23.3 Å². The van der Waals surface area contributed by atoms with Crippen molar-refractivity contribution >= 4 is 35.5 Å². The van der Waals surface area contributed by atoms with Gasteiger partial charge in [-0.25, -0.2) is 9.59 Å². The van der Waals surface area contributed by atoms with E-state index in [-0.39, 0.29) is 11.8 Å². The topological polar surface area (TPSA) is 52.6 Å². The number of methoxy groups -OCH3 is 2. The van der Waals surface area contributed by atoms with Crippen molar-refractivity contribution in [3.8, 4) is 0 Å². The molecule has 128 valence electrons. The number of hydrogen-bond acceptors (Lipinski definition) is 6. The van der Waals surface area contributed by atoms with E-state index < -0.39 is 11.9 Å². The molecular formula is C18H20O4S2. The van der Waals surface area contributed by atoms with E-state index in [2.05, 4.69) is 23.5 Å². The summed E-state index contributed by atoms with van der Waals surface area (Å²) in [6, 6.07) is 0. The number of ether oxygens (including phenoxy) is 2. The average Bonchev–Trinajstić information content (AvgIpc) is 3.29. The Hall–Kier alpha value is -1.14. The summed E-state index contributed by atoms with van der Waals surface area (Å²) in [6.07, 6.45) is 6.26. The van der Waals surface area contributed by atoms with Crippen molar-refractivity contribution in [3.63, 3.8) is 0 Å². The molecule has 1 saturated carbocycles. The lowest BCUT2D eigenvalue weighted by atomic mass is 9.93. The van der Waals surface area contributed by atoms with Crippen LogP contribution < -0.4 is 0 Å². The van der Waals surface area contributed by atoms with Crippen LogP contribution in [-0.4, -0.2) is 48.2 Å². The highest BCUT2D eigenvalue weighted by Gasteiger charge is 2.49. The first-order valence-corrected chi connectivity index (χ1v) is 10.3. The van der Waals surface area contributed by atoms with Gasteiger partial charge < -0.3 is 9.47 Å². The fourth-order valence-electron chi connectivity index (χ4n) is 4.39. The fraction of sp³-hybridized carbons (Fsp3) is 0.556. The zero-order chi connectivity index (χ0) is 16.8. The van der Waals surface area contributed by atoms with Crippen LogP contribution in [0.3, 0.4) is 0 Å². The molecular weight excluding hydrogens is 344 g/mol. The SMILES string of the molecule is COC(=O)C1=C(C(=O)OC)C2C=CC1C2=C1CC2SCCSC2C1. The second kappa shape index (κ2) is 6.30. The molecule has 4 atom stereocenters. The van der Waals surface area contributed by atoms with E-state index in [1.807, 2.05) is 12.2 Å². The van der Waals surface area contributed by atoms with Gasteiger partial charge in [-0.05, 0) is 18.4 Å². The summed E-state index contributed by atoms with van der Waals surface area (Å²) in [5.74, 6) is 1.40. The van der Waals surface area contributed by atoms with E-state index in [1.54, 1.807) is 0 Å². The number of rotatable bonds is 2. The van der Waals surface area contributed by atoms with Crippen LogP contribution in [0.25, 0.3) is 0 Å². The molecule has 4 unspecified atom stereocenters. The van der Waals surface area contributed by atoms with Gasteiger partial charge >= 0.3 is 11.9 Å². The van der Waals surface area contributed by atoms with Crippen molar-refractivity contribution in [3.05, 3.63) is 34.4 Å². The summed E-state index contributed by atoms with van der Waals surface area (Å²) in [4.78, 5) is 24.6. The lowest BCUT2D eigenvalue weighted by Crippen LogP contribution is -2.18. The molecule has 0 aromatic carbocycles. The predicted octanol–water partition coefficient (Wildman–Crippen LogP) is 2.75. The molecule has 1 aliphatic heterocycles. The molecule has 0 N–H and O–H groups in total. The maximum Gasteiger partial charge on any atom is 0.335 e. The van der Waals surface area contributed by atoms with Gasteiger partial charge in [-0.3, -0.25) is 0 Å². The van der Waals surface area contributed by atoms with E-state index >= 15 is 0 Å². The fourth-order valence-corrected chi connectivity index (χ4v) is 7.50. The Morgan fingerprint density at radius 3 is 1.79 bits per heavy atom. The van der Waals surface area contributed by atoms with Gasteiger partial charge in [-0.1, -0.05) is 17.7 Å². The summed E-state index contributed by atoms with van der Waals surface area (Å²) in [6.45, 7) is 0. The first-order valence-electron chi connectivity index (χ1n) is 8.19. The Balaban J connectivity index is 1.72. The molecule has 0 aromatic rings. The molecule has 4 nitrogen and oxygen atoms in total. The van der Waals surface area contributed by atoms with Crippen molar-refractivity contribution in [1.29, 1.82) is 0 Å². The molecule has 4 aliphatic rings. The maximum atomic E-state index is 12.3. The van der Waals surface area contributed by atoms with Crippen LogP contribution in [0.5, 0.6) is 0 Å². The number of hydrogen-bond donors (Lipinski definition) is 0. The highest BCUT2D eigenvalue weighted by molar-refractivity contribution is 8.07. The normalized spacial score (nSPS) is 33.9.